The van der Waals surface area contributed by atoms with Gasteiger partial charge in [-0.05, 0) is 30.0 Å². The van der Waals surface area contributed by atoms with Crippen LogP contribution in [0.15, 0.2) is 17.5 Å². The second-order valence-electron chi connectivity index (χ2n) is 4.66. The summed E-state index contributed by atoms with van der Waals surface area (Å²) in [5, 5.41) is 25.2. The zero-order valence-electron chi connectivity index (χ0n) is 11.6. The van der Waals surface area contributed by atoms with Crippen LogP contribution >= 0.6 is 11.3 Å². The number of carboxylic acid groups (broad SMARTS) is 1. The number of rotatable bonds is 6. The van der Waals surface area contributed by atoms with Crippen molar-refractivity contribution in [1.29, 1.82) is 0 Å². The smallest absolute Gasteiger partial charge is 0.329 e. The molecule has 0 aliphatic carbocycles. The summed E-state index contributed by atoms with van der Waals surface area (Å²) in [7, 11) is 0. The minimum absolute atomic E-state index is 0.179. The molecule has 2 aromatic rings. The van der Waals surface area contributed by atoms with Crippen LogP contribution in [0, 0.1) is 0 Å². The van der Waals surface area contributed by atoms with Crippen molar-refractivity contribution < 1.29 is 14.7 Å². The van der Waals surface area contributed by atoms with Crippen LogP contribution in [0.1, 0.15) is 20.3 Å². The molecule has 0 aromatic carbocycles. The maximum Gasteiger partial charge on any atom is 0.329 e. The summed E-state index contributed by atoms with van der Waals surface area (Å²) in [5.74, 6) is -1.12. The first kappa shape index (κ1) is 15.1. The summed E-state index contributed by atoms with van der Waals surface area (Å²) in [6.07, 6.45) is 0.277. The molecule has 21 heavy (non-hydrogen) atoms. The number of nitrogens with zero attached hydrogens (tertiary/aromatic N) is 4. The summed E-state index contributed by atoms with van der Waals surface area (Å²) >= 11 is 1.47. The molecule has 8 nitrogen and oxygen atoms in total. The maximum absolute atomic E-state index is 11.9. The van der Waals surface area contributed by atoms with Crippen LogP contribution in [0.4, 0.5) is 0 Å². The Kier molecular flexibility index (Phi) is 4.32. The maximum atomic E-state index is 11.9. The topological polar surface area (TPSA) is 110 Å². The van der Waals surface area contributed by atoms with E-state index in [9.17, 15) is 9.59 Å². The predicted molar refractivity (Wildman–Crippen MR) is 75.6 cm³/mol. The van der Waals surface area contributed by atoms with Crippen LogP contribution in [0.2, 0.25) is 0 Å². The lowest BCUT2D eigenvalue weighted by Crippen LogP contribution is -2.52. The van der Waals surface area contributed by atoms with Crippen molar-refractivity contribution in [2.75, 3.05) is 0 Å². The lowest BCUT2D eigenvalue weighted by atomic mass is 9.99. The minimum Gasteiger partial charge on any atom is -0.480 e. The molecule has 1 unspecified atom stereocenters. The van der Waals surface area contributed by atoms with Crippen LogP contribution in [-0.2, 0) is 16.1 Å². The predicted octanol–water partition coefficient (Wildman–Crippen LogP) is 0.771. The molecule has 2 aromatic heterocycles. The monoisotopic (exact) mass is 309 g/mol. The molecule has 1 amide bonds. The largest absolute Gasteiger partial charge is 0.480 e. The average Bonchev–Trinajstić information content (AvgIpc) is 3.08. The van der Waals surface area contributed by atoms with Crippen molar-refractivity contribution in [3.63, 3.8) is 0 Å². The number of carboxylic acids is 1. The van der Waals surface area contributed by atoms with Gasteiger partial charge in [0, 0.05) is 0 Å². The number of carbonyl (C=O) groups is 2. The Morgan fingerprint density at radius 3 is 2.86 bits per heavy atom. The zero-order chi connectivity index (χ0) is 15.5. The lowest BCUT2D eigenvalue weighted by Gasteiger charge is -2.24. The van der Waals surface area contributed by atoms with E-state index in [4.69, 9.17) is 5.11 Å². The van der Waals surface area contributed by atoms with Gasteiger partial charge in [0.25, 0.3) is 0 Å². The Bertz CT molecular complexity index is 639. The fourth-order valence-corrected chi connectivity index (χ4v) is 2.23. The van der Waals surface area contributed by atoms with Gasteiger partial charge in [-0.2, -0.15) is 4.80 Å². The van der Waals surface area contributed by atoms with E-state index >= 15 is 0 Å². The fraction of sp³-hybridized carbons (Fsp3) is 0.417. The average molecular weight is 309 g/mol. The number of thiophene rings is 1. The Morgan fingerprint density at radius 1 is 1.52 bits per heavy atom. The SMILES string of the molecule is CCC(C)(NC(=O)Cn1nnc(-c2cccs2)n1)C(=O)O. The number of aromatic nitrogens is 4. The van der Waals surface area contributed by atoms with Gasteiger partial charge in [0.2, 0.25) is 11.7 Å². The third-order valence-corrected chi connectivity index (χ3v) is 3.94. The summed E-state index contributed by atoms with van der Waals surface area (Å²) < 4.78 is 0. The first-order valence-electron chi connectivity index (χ1n) is 6.30. The van der Waals surface area contributed by atoms with Gasteiger partial charge in [-0.1, -0.05) is 13.0 Å². The zero-order valence-corrected chi connectivity index (χ0v) is 12.4. The van der Waals surface area contributed by atoms with E-state index in [0.717, 1.165) is 9.67 Å². The van der Waals surface area contributed by atoms with E-state index in [1.165, 1.54) is 18.3 Å². The van der Waals surface area contributed by atoms with E-state index in [-0.39, 0.29) is 13.0 Å². The first-order chi connectivity index (χ1) is 9.94. The second-order valence-corrected chi connectivity index (χ2v) is 5.61. The van der Waals surface area contributed by atoms with E-state index < -0.39 is 17.4 Å². The Balaban J connectivity index is 2.02. The van der Waals surface area contributed by atoms with Crippen molar-refractivity contribution >= 4 is 23.2 Å². The number of amides is 1. The van der Waals surface area contributed by atoms with Crippen LogP contribution in [0.3, 0.4) is 0 Å². The van der Waals surface area contributed by atoms with Crippen molar-refractivity contribution in [3.8, 4) is 10.7 Å². The summed E-state index contributed by atoms with van der Waals surface area (Å²) in [5.41, 5.74) is -1.30. The van der Waals surface area contributed by atoms with E-state index in [1.807, 2.05) is 17.5 Å². The van der Waals surface area contributed by atoms with Gasteiger partial charge in [-0.3, -0.25) is 4.79 Å². The van der Waals surface area contributed by atoms with Crippen LogP contribution in [0.5, 0.6) is 0 Å². The molecular formula is C12H15N5O3S. The Morgan fingerprint density at radius 2 is 2.29 bits per heavy atom. The molecule has 2 N–H and O–H groups in total. The molecular weight excluding hydrogens is 294 g/mol. The highest BCUT2D eigenvalue weighted by Crippen LogP contribution is 2.19. The number of hydrogen-bond acceptors (Lipinski definition) is 6. The summed E-state index contributed by atoms with van der Waals surface area (Å²) in [4.78, 5) is 25.0. The fourth-order valence-electron chi connectivity index (χ4n) is 1.58. The highest BCUT2D eigenvalue weighted by Gasteiger charge is 2.32. The van der Waals surface area contributed by atoms with Gasteiger partial charge in [0.05, 0.1) is 4.88 Å². The summed E-state index contributed by atoms with van der Waals surface area (Å²) in [6, 6.07) is 3.72. The van der Waals surface area contributed by atoms with Gasteiger partial charge in [-0.15, -0.1) is 21.5 Å². The molecule has 0 saturated carbocycles. The third-order valence-electron chi connectivity index (χ3n) is 3.07. The van der Waals surface area contributed by atoms with Gasteiger partial charge < -0.3 is 10.4 Å². The molecule has 0 spiro atoms. The normalized spacial score (nSPS) is 13.6. The number of aliphatic carboxylic acids is 1. The molecule has 2 rings (SSSR count). The van der Waals surface area contributed by atoms with Gasteiger partial charge in [0.1, 0.15) is 12.1 Å². The van der Waals surface area contributed by atoms with Crippen molar-refractivity contribution in [1.82, 2.24) is 25.5 Å². The minimum atomic E-state index is -1.30. The van der Waals surface area contributed by atoms with Gasteiger partial charge in [0.15, 0.2) is 0 Å². The van der Waals surface area contributed by atoms with E-state index in [2.05, 4.69) is 20.7 Å². The first-order valence-corrected chi connectivity index (χ1v) is 7.18. The standard InChI is InChI=1S/C12H15N5O3S/c1-3-12(2,11(19)20)13-9(18)7-17-15-10(14-16-17)8-5-4-6-21-8/h4-6H,3,7H2,1-2H3,(H,13,18)(H,19,20). The highest BCUT2D eigenvalue weighted by atomic mass is 32.1. The molecule has 0 radical (unpaired) electrons. The molecule has 0 aliphatic rings. The summed E-state index contributed by atoms with van der Waals surface area (Å²) in [6.45, 7) is 2.97. The van der Waals surface area contributed by atoms with Crippen molar-refractivity contribution in [2.45, 2.75) is 32.4 Å². The van der Waals surface area contributed by atoms with Crippen molar-refractivity contribution in [2.24, 2.45) is 0 Å². The molecule has 1 atom stereocenters. The molecule has 9 heteroatoms. The quantitative estimate of drug-likeness (QED) is 0.815. The van der Waals surface area contributed by atoms with E-state index in [0.29, 0.717) is 5.82 Å². The van der Waals surface area contributed by atoms with Crippen LogP contribution in [-0.4, -0.2) is 42.7 Å². The number of carbonyl (C=O) groups excluding carboxylic acids is 1. The molecule has 2 heterocycles. The van der Waals surface area contributed by atoms with E-state index in [1.54, 1.807) is 6.92 Å². The Hall–Kier alpha value is -2.29. The second kappa shape index (κ2) is 6.00. The van der Waals surface area contributed by atoms with Gasteiger partial charge in [-0.25, -0.2) is 4.79 Å². The van der Waals surface area contributed by atoms with Crippen LogP contribution < -0.4 is 5.32 Å². The highest BCUT2D eigenvalue weighted by molar-refractivity contribution is 7.13. The van der Waals surface area contributed by atoms with Crippen LogP contribution in [0.25, 0.3) is 10.7 Å². The third kappa shape index (κ3) is 3.43. The van der Waals surface area contributed by atoms with Crippen molar-refractivity contribution in [3.05, 3.63) is 17.5 Å². The molecule has 0 aliphatic heterocycles. The molecule has 0 bridgehead atoms. The molecule has 0 saturated heterocycles. The lowest BCUT2D eigenvalue weighted by molar-refractivity contribution is -0.147. The number of tetrazole rings is 1. The Labute approximate surface area is 124 Å². The number of hydrogen-bond donors (Lipinski definition) is 2. The number of nitrogens with one attached hydrogen (secondary N) is 1. The molecule has 0 fully saturated rings. The van der Waals surface area contributed by atoms with Gasteiger partial charge >= 0.3 is 5.97 Å². The molecule has 112 valence electrons.